The van der Waals surface area contributed by atoms with E-state index in [0.717, 1.165) is 47.3 Å². The van der Waals surface area contributed by atoms with E-state index < -0.39 is 0 Å². The van der Waals surface area contributed by atoms with Gasteiger partial charge in [-0.15, -0.1) is 12.4 Å². The summed E-state index contributed by atoms with van der Waals surface area (Å²) in [6, 6.07) is 13.8. The standard InChI is InChI=1S/C12H11FN2.C6H4FI.C6H8N2.ClH/c1-14-12-10-6-15(7-11(10)12)9-4-2-3-8(13)5-9;7-5-2-1-3-6(8)4-5;1-7-6-4-2-8-3-5(4)6;/h2-5,10-12H,6-7H2;1-4H;4-6,8H,2-3H2;1H/t10-,11+,12?;;4-,5+,6?;. The predicted octanol–water partition coefficient (Wildman–Crippen LogP) is 5.16. The molecule has 2 saturated carbocycles. The molecule has 4 fully saturated rings. The van der Waals surface area contributed by atoms with Crippen molar-refractivity contribution in [3.8, 4) is 0 Å². The van der Waals surface area contributed by atoms with E-state index in [9.17, 15) is 8.78 Å². The number of halogens is 4. The van der Waals surface area contributed by atoms with Crippen LogP contribution in [0.2, 0.25) is 0 Å². The van der Waals surface area contributed by atoms with Gasteiger partial charge in [0.1, 0.15) is 11.6 Å². The molecule has 2 aliphatic carbocycles. The fraction of sp³-hybridized carbons (Fsp3) is 0.417. The van der Waals surface area contributed by atoms with Crippen LogP contribution < -0.4 is 10.2 Å². The number of benzene rings is 2. The first-order chi connectivity index (χ1) is 15.0. The summed E-state index contributed by atoms with van der Waals surface area (Å²) in [7, 11) is 0. The Morgan fingerprint density at radius 1 is 0.844 bits per heavy atom. The van der Waals surface area contributed by atoms with Crippen LogP contribution in [0.5, 0.6) is 0 Å². The van der Waals surface area contributed by atoms with Gasteiger partial charge in [-0.3, -0.25) is 0 Å². The summed E-state index contributed by atoms with van der Waals surface area (Å²) in [5.41, 5.74) is 0.950. The van der Waals surface area contributed by atoms with Crippen molar-refractivity contribution < 1.29 is 8.78 Å². The second-order valence-electron chi connectivity index (χ2n) is 8.38. The highest BCUT2D eigenvalue weighted by Crippen LogP contribution is 2.49. The van der Waals surface area contributed by atoms with Crippen LogP contribution >= 0.6 is 35.0 Å². The molecular weight excluding hydrogens is 545 g/mol. The highest BCUT2D eigenvalue weighted by atomic mass is 127. The molecule has 4 aliphatic rings. The van der Waals surface area contributed by atoms with E-state index in [-0.39, 0.29) is 30.1 Å². The molecule has 2 aromatic carbocycles. The third-order valence-electron chi connectivity index (χ3n) is 6.45. The minimum absolute atomic E-state index is 0. The van der Waals surface area contributed by atoms with E-state index >= 15 is 0 Å². The smallest absolute Gasteiger partial charge is 0.233 e. The van der Waals surface area contributed by atoms with Gasteiger partial charge in [-0.05, 0) is 59.0 Å². The van der Waals surface area contributed by atoms with E-state index in [4.69, 9.17) is 13.1 Å². The number of hydrogen-bond acceptors (Lipinski definition) is 2. The fourth-order valence-electron chi connectivity index (χ4n) is 4.61. The summed E-state index contributed by atoms with van der Waals surface area (Å²) in [4.78, 5) is 9.25. The molecule has 32 heavy (non-hydrogen) atoms. The largest absolute Gasteiger partial charge is 0.370 e. The third kappa shape index (κ3) is 5.70. The van der Waals surface area contributed by atoms with Crippen LogP contribution in [0, 0.1) is 52.0 Å². The lowest BCUT2D eigenvalue weighted by atomic mass is 10.2. The van der Waals surface area contributed by atoms with Crippen molar-refractivity contribution in [1.29, 1.82) is 0 Å². The maximum atomic E-state index is 13.0. The molecule has 2 unspecified atom stereocenters. The van der Waals surface area contributed by atoms with Crippen molar-refractivity contribution in [2.45, 2.75) is 12.1 Å². The number of rotatable bonds is 1. The maximum absolute atomic E-state index is 13.0. The molecule has 6 atom stereocenters. The van der Waals surface area contributed by atoms with Gasteiger partial charge in [0.15, 0.2) is 0 Å². The lowest BCUT2D eigenvalue weighted by Crippen LogP contribution is -2.24. The molecule has 0 bridgehead atoms. The molecule has 2 aliphatic heterocycles. The zero-order valence-electron chi connectivity index (χ0n) is 17.3. The van der Waals surface area contributed by atoms with Crippen LogP contribution in [0.4, 0.5) is 14.5 Å². The van der Waals surface area contributed by atoms with E-state index in [1.807, 2.05) is 12.1 Å². The van der Waals surface area contributed by atoms with Gasteiger partial charge in [-0.25, -0.2) is 21.9 Å². The summed E-state index contributed by atoms with van der Waals surface area (Å²) < 4.78 is 26.1. The highest BCUT2D eigenvalue weighted by molar-refractivity contribution is 14.1. The Bertz CT molecular complexity index is 984. The molecule has 0 radical (unpaired) electrons. The van der Waals surface area contributed by atoms with Gasteiger partial charge >= 0.3 is 0 Å². The Hall–Kier alpha value is -1.94. The third-order valence-corrected chi connectivity index (χ3v) is 7.12. The molecule has 1 N–H and O–H groups in total. The average molecular weight is 569 g/mol. The second kappa shape index (κ2) is 10.8. The van der Waals surface area contributed by atoms with Crippen molar-refractivity contribution in [3.05, 3.63) is 86.6 Å². The summed E-state index contributed by atoms with van der Waals surface area (Å²) >= 11 is 2.07. The first kappa shape index (κ1) is 24.7. The first-order valence-corrected chi connectivity index (χ1v) is 11.4. The number of anilines is 1. The molecule has 2 heterocycles. The van der Waals surface area contributed by atoms with Crippen molar-refractivity contribution in [1.82, 2.24) is 5.32 Å². The van der Waals surface area contributed by atoms with Crippen LogP contribution in [0.1, 0.15) is 0 Å². The van der Waals surface area contributed by atoms with Crippen molar-refractivity contribution in [2.75, 3.05) is 31.1 Å². The molecule has 6 rings (SSSR count). The number of nitrogens with one attached hydrogen (secondary N) is 1. The normalized spacial score (nSPS) is 30.0. The van der Waals surface area contributed by atoms with Crippen molar-refractivity contribution in [2.24, 2.45) is 23.7 Å². The molecule has 0 spiro atoms. The van der Waals surface area contributed by atoms with Gasteiger partial charge in [-0.2, -0.15) is 0 Å². The van der Waals surface area contributed by atoms with Crippen LogP contribution in [0.25, 0.3) is 9.69 Å². The molecule has 2 saturated heterocycles. The molecular formula is C24H24ClF2IN4. The molecule has 0 amide bonds. The monoisotopic (exact) mass is 568 g/mol. The van der Waals surface area contributed by atoms with Crippen molar-refractivity contribution in [3.63, 3.8) is 0 Å². The molecule has 0 aromatic heterocycles. The fourth-order valence-corrected chi connectivity index (χ4v) is 5.11. The van der Waals surface area contributed by atoms with Crippen LogP contribution in [-0.2, 0) is 0 Å². The Morgan fingerprint density at radius 2 is 1.38 bits per heavy atom. The van der Waals surface area contributed by atoms with Crippen LogP contribution in [-0.4, -0.2) is 38.3 Å². The molecule has 168 valence electrons. The summed E-state index contributed by atoms with van der Waals surface area (Å²) in [6.07, 6.45) is 0. The summed E-state index contributed by atoms with van der Waals surface area (Å²) in [5, 5.41) is 3.24. The molecule has 4 nitrogen and oxygen atoms in total. The molecule has 8 heteroatoms. The van der Waals surface area contributed by atoms with Gasteiger partial charge in [0, 0.05) is 35.4 Å². The SMILES string of the molecule is Cl.Fc1cccc(I)c1.[C-]#[N+]C1[C@H]2CN(c3cccc(F)c3)C[C@@H]12.[C-]#[N+]C1[C@H]2CNC[C@@H]12. The van der Waals surface area contributed by atoms with Gasteiger partial charge in [0.05, 0.1) is 23.7 Å². The van der Waals surface area contributed by atoms with Gasteiger partial charge in [-0.1, -0.05) is 12.1 Å². The lowest BCUT2D eigenvalue weighted by Gasteiger charge is -2.19. The molecule has 2 aromatic rings. The first-order valence-electron chi connectivity index (χ1n) is 10.4. The van der Waals surface area contributed by atoms with Gasteiger partial charge in [0.25, 0.3) is 0 Å². The number of piperidine rings is 2. The predicted molar refractivity (Wildman–Crippen MR) is 133 cm³/mol. The maximum Gasteiger partial charge on any atom is 0.233 e. The van der Waals surface area contributed by atoms with E-state index in [1.165, 1.54) is 18.2 Å². The average Bonchev–Trinajstić information content (AvgIpc) is 3.43. The van der Waals surface area contributed by atoms with Crippen molar-refractivity contribution >= 4 is 40.7 Å². The zero-order valence-corrected chi connectivity index (χ0v) is 20.3. The number of hydrogen-bond donors (Lipinski definition) is 1. The van der Waals surface area contributed by atoms with E-state index in [2.05, 4.69) is 42.5 Å². The van der Waals surface area contributed by atoms with Crippen LogP contribution in [0.3, 0.4) is 0 Å². The Balaban J connectivity index is 0.000000145. The summed E-state index contributed by atoms with van der Waals surface area (Å²) in [6.45, 7) is 17.7. The quantitative estimate of drug-likeness (QED) is 0.380. The zero-order chi connectivity index (χ0) is 22.0. The minimum atomic E-state index is -0.185. The number of fused-ring (bicyclic) bond motifs is 2. The Labute approximate surface area is 207 Å². The highest BCUT2D eigenvalue weighted by Gasteiger charge is 2.62. The summed E-state index contributed by atoms with van der Waals surface area (Å²) in [5.74, 6) is 2.17. The Kier molecular flexibility index (Phi) is 8.32. The second-order valence-corrected chi connectivity index (χ2v) is 9.62. The van der Waals surface area contributed by atoms with E-state index in [1.54, 1.807) is 18.2 Å². The topological polar surface area (TPSA) is 24.0 Å². The van der Waals surface area contributed by atoms with E-state index in [0.29, 0.717) is 17.9 Å². The van der Waals surface area contributed by atoms with Gasteiger partial charge in [0.2, 0.25) is 12.1 Å². The minimum Gasteiger partial charge on any atom is -0.370 e. The Morgan fingerprint density at radius 3 is 1.81 bits per heavy atom. The lowest BCUT2D eigenvalue weighted by molar-refractivity contribution is 0.626. The van der Waals surface area contributed by atoms with Crippen LogP contribution in [0.15, 0.2) is 48.5 Å². The van der Waals surface area contributed by atoms with Gasteiger partial charge < -0.3 is 19.9 Å². The number of nitrogens with zero attached hydrogens (tertiary/aromatic N) is 3.